The lowest BCUT2D eigenvalue weighted by molar-refractivity contribution is 0.0516. The molecule has 0 saturated carbocycles. The van der Waals surface area contributed by atoms with Crippen LogP contribution in [0.3, 0.4) is 0 Å². The van der Waals surface area contributed by atoms with Gasteiger partial charge in [-0.1, -0.05) is 58.7 Å². The second kappa shape index (κ2) is 6.21. The van der Waals surface area contributed by atoms with Gasteiger partial charge in [-0.2, -0.15) is 0 Å². The van der Waals surface area contributed by atoms with E-state index < -0.39 is 5.97 Å². The van der Waals surface area contributed by atoms with Crippen molar-refractivity contribution in [2.75, 3.05) is 0 Å². The molecule has 0 aromatic heterocycles. The van der Waals surface area contributed by atoms with Gasteiger partial charge < -0.3 is 10.6 Å². The van der Waals surface area contributed by atoms with Gasteiger partial charge in [-0.25, -0.2) is 4.79 Å². The van der Waals surface area contributed by atoms with E-state index in [4.69, 9.17) is 22.2 Å². The van der Waals surface area contributed by atoms with Crippen LogP contribution in [0.15, 0.2) is 53.7 Å². The predicted molar refractivity (Wildman–Crippen MR) is 78.8 cm³/mol. The Morgan fingerprint density at radius 3 is 2.45 bits per heavy atom. The Labute approximate surface area is 121 Å². The summed E-state index contributed by atoms with van der Waals surface area (Å²) < 4.78 is 0. The maximum absolute atomic E-state index is 11.8. The van der Waals surface area contributed by atoms with Gasteiger partial charge in [-0.15, -0.1) is 0 Å². The number of hydrogen-bond donors (Lipinski definition) is 1. The molecular weight excluding hydrogens is 276 g/mol. The molecule has 2 rings (SSSR count). The summed E-state index contributed by atoms with van der Waals surface area (Å²) in [7, 11) is 0. The normalized spacial score (nSPS) is 11.2. The van der Waals surface area contributed by atoms with E-state index in [9.17, 15) is 4.79 Å². The van der Waals surface area contributed by atoms with Crippen molar-refractivity contribution in [1.82, 2.24) is 0 Å². The number of nitrogens with two attached hydrogens (primary N) is 1. The summed E-state index contributed by atoms with van der Waals surface area (Å²) in [6.45, 7) is 1.97. The highest BCUT2D eigenvalue weighted by molar-refractivity contribution is 6.33. The largest absolute Gasteiger partial charge is 0.380 e. The molecule has 0 heterocycles. The quantitative estimate of drug-likeness (QED) is 0.408. The van der Waals surface area contributed by atoms with Crippen LogP contribution in [-0.4, -0.2) is 11.8 Å². The van der Waals surface area contributed by atoms with E-state index in [1.807, 2.05) is 19.1 Å². The lowest BCUT2D eigenvalue weighted by atomic mass is 10.1. The highest BCUT2D eigenvalue weighted by Crippen LogP contribution is 2.16. The van der Waals surface area contributed by atoms with Gasteiger partial charge in [-0.05, 0) is 19.1 Å². The second-order valence-corrected chi connectivity index (χ2v) is 4.61. The Morgan fingerprint density at radius 1 is 1.15 bits per heavy atom. The van der Waals surface area contributed by atoms with Crippen molar-refractivity contribution in [3.8, 4) is 0 Å². The van der Waals surface area contributed by atoms with Gasteiger partial charge in [0.2, 0.25) is 0 Å². The number of carbonyl (C=O) groups excluding carboxylic acids is 1. The van der Waals surface area contributed by atoms with Crippen LogP contribution >= 0.6 is 11.6 Å². The molecule has 0 aliphatic rings. The van der Waals surface area contributed by atoms with Gasteiger partial charge in [-0.3, -0.25) is 0 Å². The number of halogens is 1. The molecule has 0 saturated heterocycles. The minimum atomic E-state index is -0.648. The van der Waals surface area contributed by atoms with Crippen molar-refractivity contribution < 1.29 is 9.63 Å². The zero-order valence-corrected chi connectivity index (χ0v) is 11.6. The first-order valence-electron chi connectivity index (χ1n) is 5.94. The molecular formula is C15H13ClN2O2. The van der Waals surface area contributed by atoms with Gasteiger partial charge in [0, 0.05) is 5.56 Å². The summed E-state index contributed by atoms with van der Waals surface area (Å²) in [5.41, 5.74) is 7.78. The average molecular weight is 289 g/mol. The average Bonchev–Trinajstić information content (AvgIpc) is 2.45. The smallest absolute Gasteiger partial charge is 0.367 e. The molecule has 0 unspecified atom stereocenters. The topological polar surface area (TPSA) is 64.7 Å². The Hall–Kier alpha value is -2.33. The third-order valence-corrected chi connectivity index (χ3v) is 3.00. The molecule has 0 atom stereocenters. The number of benzene rings is 2. The Balaban J connectivity index is 2.11. The van der Waals surface area contributed by atoms with Crippen LogP contribution in [-0.2, 0) is 4.84 Å². The van der Waals surface area contributed by atoms with E-state index in [-0.39, 0.29) is 11.4 Å². The number of nitrogens with zero attached hydrogens (tertiary/aromatic N) is 1. The van der Waals surface area contributed by atoms with Crippen molar-refractivity contribution >= 4 is 23.4 Å². The molecule has 0 fully saturated rings. The zero-order chi connectivity index (χ0) is 14.5. The van der Waals surface area contributed by atoms with Crippen molar-refractivity contribution in [3.05, 3.63) is 70.2 Å². The van der Waals surface area contributed by atoms with Crippen molar-refractivity contribution in [2.24, 2.45) is 10.9 Å². The SMILES string of the molecule is Cc1ccc(C(N)=NOC(=O)c2ccccc2Cl)cc1. The molecule has 0 bridgehead atoms. The molecule has 2 aromatic rings. The van der Waals surface area contributed by atoms with E-state index in [2.05, 4.69) is 5.16 Å². The molecule has 2 aromatic carbocycles. The van der Waals surface area contributed by atoms with Crippen molar-refractivity contribution in [2.45, 2.75) is 6.92 Å². The maximum Gasteiger partial charge on any atom is 0.367 e. The first-order chi connectivity index (χ1) is 9.58. The van der Waals surface area contributed by atoms with Crippen molar-refractivity contribution in [3.63, 3.8) is 0 Å². The van der Waals surface area contributed by atoms with Crippen LogP contribution in [0.5, 0.6) is 0 Å². The first-order valence-corrected chi connectivity index (χ1v) is 6.32. The molecule has 0 spiro atoms. The predicted octanol–water partition coefficient (Wildman–Crippen LogP) is 3.13. The van der Waals surface area contributed by atoms with E-state index in [1.54, 1.807) is 36.4 Å². The summed E-state index contributed by atoms with van der Waals surface area (Å²) in [6, 6.07) is 14.0. The molecule has 20 heavy (non-hydrogen) atoms. The lowest BCUT2D eigenvalue weighted by Gasteiger charge is -2.03. The van der Waals surface area contributed by atoms with Crippen LogP contribution < -0.4 is 5.73 Å². The lowest BCUT2D eigenvalue weighted by Crippen LogP contribution is -2.15. The van der Waals surface area contributed by atoms with Crippen LogP contribution in [0.25, 0.3) is 0 Å². The third kappa shape index (κ3) is 3.36. The summed E-state index contributed by atoms with van der Waals surface area (Å²) in [5.74, 6) is -0.518. The summed E-state index contributed by atoms with van der Waals surface area (Å²) >= 11 is 5.89. The van der Waals surface area contributed by atoms with Crippen LogP contribution in [0.4, 0.5) is 0 Å². The summed E-state index contributed by atoms with van der Waals surface area (Å²) in [4.78, 5) is 16.6. The second-order valence-electron chi connectivity index (χ2n) is 4.20. The Morgan fingerprint density at radius 2 is 1.80 bits per heavy atom. The Bertz CT molecular complexity index is 651. The molecule has 4 nitrogen and oxygen atoms in total. The van der Waals surface area contributed by atoms with E-state index in [0.29, 0.717) is 10.6 Å². The van der Waals surface area contributed by atoms with Crippen molar-refractivity contribution in [1.29, 1.82) is 0 Å². The molecule has 0 radical (unpaired) electrons. The van der Waals surface area contributed by atoms with Gasteiger partial charge in [0.1, 0.15) is 0 Å². The van der Waals surface area contributed by atoms with E-state index in [0.717, 1.165) is 5.56 Å². The van der Waals surface area contributed by atoms with Gasteiger partial charge in [0.15, 0.2) is 5.84 Å². The van der Waals surface area contributed by atoms with Gasteiger partial charge in [0.25, 0.3) is 0 Å². The summed E-state index contributed by atoms with van der Waals surface area (Å²) in [5, 5.41) is 3.93. The zero-order valence-electron chi connectivity index (χ0n) is 10.8. The third-order valence-electron chi connectivity index (χ3n) is 2.67. The number of aryl methyl sites for hydroxylation is 1. The Kier molecular flexibility index (Phi) is 4.38. The van der Waals surface area contributed by atoms with Crippen LogP contribution in [0.1, 0.15) is 21.5 Å². The first kappa shape index (κ1) is 14.1. The van der Waals surface area contributed by atoms with Crippen LogP contribution in [0, 0.1) is 6.92 Å². The number of hydrogen-bond acceptors (Lipinski definition) is 3. The number of amidine groups is 1. The standard InChI is InChI=1S/C15H13ClN2O2/c1-10-6-8-11(9-7-10)14(17)18-20-15(19)12-4-2-3-5-13(12)16/h2-9H,1H3,(H2,17,18). The fraction of sp³-hybridized carbons (Fsp3) is 0.0667. The molecule has 0 aliphatic carbocycles. The molecule has 2 N–H and O–H groups in total. The maximum atomic E-state index is 11.8. The van der Waals surface area contributed by atoms with Gasteiger partial charge >= 0.3 is 5.97 Å². The van der Waals surface area contributed by atoms with E-state index >= 15 is 0 Å². The molecule has 102 valence electrons. The summed E-state index contributed by atoms with van der Waals surface area (Å²) in [6.07, 6.45) is 0. The fourth-order valence-corrected chi connectivity index (χ4v) is 1.76. The molecule has 0 amide bonds. The van der Waals surface area contributed by atoms with E-state index in [1.165, 1.54) is 0 Å². The highest BCUT2D eigenvalue weighted by Gasteiger charge is 2.11. The van der Waals surface area contributed by atoms with Crippen LogP contribution in [0.2, 0.25) is 5.02 Å². The number of oxime groups is 1. The fourth-order valence-electron chi connectivity index (χ4n) is 1.54. The number of rotatable bonds is 3. The monoisotopic (exact) mass is 288 g/mol. The minimum Gasteiger partial charge on any atom is -0.380 e. The molecule has 0 aliphatic heterocycles. The van der Waals surface area contributed by atoms with Gasteiger partial charge in [0.05, 0.1) is 10.6 Å². The number of carbonyl (C=O) groups is 1. The highest BCUT2D eigenvalue weighted by atomic mass is 35.5. The minimum absolute atomic E-state index is 0.130. The molecule has 5 heteroatoms.